The molecule has 27 heavy (non-hydrogen) atoms. The van der Waals surface area contributed by atoms with E-state index in [9.17, 15) is 9.59 Å². The molecule has 0 radical (unpaired) electrons. The van der Waals surface area contributed by atoms with E-state index >= 15 is 0 Å². The number of benzene rings is 2. The third kappa shape index (κ3) is 6.81. The molecule has 0 saturated heterocycles. The summed E-state index contributed by atoms with van der Waals surface area (Å²) in [5.74, 6) is -0.329. The number of amides is 2. The van der Waals surface area contributed by atoms with E-state index in [0.717, 1.165) is 24.2 Å². The number of rotatable bonds is 8. The molecule has 0 fully saturated rings. The average Bonchev–Trinajstić information content (AvgIpc) is 2.69. The maximum absolute atomic E-state index is 11.9. The first-order valence-corrected chi connectivity index (χ1v) is 8.63. The lowest BCUT2D eigenvalue weighted by atomic mass is 10.2. The van der Waals surface area contributed by atoms with Gasteiger partial charge in [-0.05, 0) is 48.4 Å². The number of carbonyl (C=O) groups excluding carboxylic acids is 2. The molecule has 142 valence electrons. The Labute approximate surface area is 158 Å². The van der Waals surface area contributed by atoms with E-state index in [2.05, 4.69) is 22.8 Å². The summed E-state index contributed by atoms with van der Waals surface area (Å²) >= 11 is 0. The van der Waals surface area contributed by atoms with E-state index in [-0.39, 0.29) is 0 Å². The normalized spacial score (nSPS) is 10.4. The fourth-order valence-corrected chi connectivity index (χ4v) is 2.09. The van der Waals surface area contributed by atoms with Gasteiger partial charge in [-0.1, -0.05) is 19.4 Å². The maximum Gasteiger partial charge on any atom is 0.329 e. The van der Waals surface area contributed by atoms with Gasteiger partial charge in [0.15, 0.2) is 0 Å². The molecule has 2 rings (SSSR count). The molecule has 7 nitrogen and oxygen atoms in total. The second-order valence-corrected chi connectivity index (χ2v) is 5.66. The second-order valence-electron chi connectivity index (χ2n) is 5.66. The average molecular weight is 369 g/mol. The summed E-state index contributed by atoms with van der Waals surface area (Å²) < 4.78 is 10.6. The summed E-state index contributed by atoms with van der Waals surface area (Å²) in [4.78, 5) is 23.7. The Balaban J connectivity index is 1.82. The SMILES string of the molecule is CCCCOc1ccc(/C=N\NC(=O)C(=O)Nc2cccc(OC)c2)cc1. The van der Waals surface area contributed by atoms with Crippen LogP contribution >= 0.6 is 0 Å². The minimum atomic E-state index is -0.867. The Bertz CT molecular complexity index is 788. The highest BCUT2D eigenvalue weighted by atomic mass is 16.5. The molecule has 0 aromatic heterocycles. The summed E-state index contributed by atoms with van der Waals surface area (Å²) in [6, 6.07) is 14.0. The lowest BCUT2D eigenvalue weighted by molar-refractivity contribution is -0.136. The van der Waals surface area contributed by atoms with Crippen molar-refractivity contribution in [2.45, 2.75) is 19.8 Å². The molecular weight excluding hydrogens is 346 g/mol. The van der Waals surface area contributed by atoms with Crippen molar-refractivity contribution < 1.29 is 19.1 Å². The van der Waals surface area contributed by atoms with Crippen molar-refractivity contribution in [1.29, 1.82) is 0 Å². The van der Waals surface area contributed by atoms with Gasteiger partial charge in [-0.3, -0.25) is 9.59 Å². The van der Waals surface area contributed by atoms with Gasteiger partial charge in [-0.15, -0.1) is 0 Å². The quantitative estimate of drug-likeness (QED) is 0.324. The highest BCUT2D eigenvalue weighted by Crippen LogP contribution is 2.16. The minimum absolute atomic E-state index is 0.456. The standard InChI is InChI=1S/C20H23N3O4/c1-3-4-12-27-17-10-8-15(9-11-17)14-21-23-20(25)19(24)22-16-6-5-7-18(13-16)26-2/h5-11,13-14H,3-4,12H2,1-2H3,(H,22,24)(H,23,25)/b21-14-. The van der Waals surface area contributed by atoms with Crippen LogP contribution in [0, 0.1) is 0 Å². The molecular formula is C20H23N3O4. The Morgan fingerprint density at radius 3 is 2.56 bits per heavy atom. The molecule has 2 aromatic carbocycles. The number of nitrogens with zero attached hydrogens (tertiary/aromatic N) is 1. The number of hydrogen-bond donors (Lipinski definition) is 2. The fraction of sp³-hybridized carbons (Fsp3) is 0.250. The van der Waals surface area contributed by atoms with Crippen LogP contribution in [0.15, 0.2) is 53.6 Å². The number of methoxy groups -OCH3 is 1. The van der Waals surface area contributed by atoms with Gasteiger partial charge >= 0.3 is 11.8 Å². The van der Waals surface area contributed by atoms with Crippen molar-refractivity contribution >= 4 is 23.7 Å². The van der Waals surface area contributed by atoms with Crippen LogP contribution in [0.4, 0.5) is 5.69 Å². The smallest absolute Gasteiger partial charge is 0.329 e. The van der Waals surface area contributed by atoms with E-state index < -0.39 is 11.8 Å². The number of nitrogens with one attached hydrogen (secondary N) is 2. The molecule has 0 unspecified atom stereocenters. The van der Waals surface area contributed by atoms with Crippen molar-refractivity contribution in [3.63, 3.8) is 0 Å². The van der Waals surface area contributed by atoms with E-state index in [0.29, 0.717) is 18.0 Å². The summed E-state index contributed by atoms with van der Waals surface area (Å²) in [7, 11) is 1.52. The number of hydrazone groups is 1. The van der Waals surface area contributed by atoms with Crippen molar-refractivity contribution in [2.75, 3.05) is 19.0 Å². The second kappa shape index (κ2) is 10.6. The zero-order valence-corrected chi connectivity index (χ0v) is 15.4. The van der Waals surface area contributed by atoms with Gasteiger partial charge in [-0.2, -0.15) is 5.10 Å². The molecule has 7 heteroatoms. The number of hydrogen-bond acceptors (Lipinski definition) is 5. The van der Waals surface area contributed by atoms with Crippen molar-refractivity contribution in [2.24, 2.45) is 5.10 Å². The Hall–Kier alpha value is -3.35. The molecule has 2 N–H and O–H groups in total. The van der Waals surface area contributed by atoms with Crippen LogP contribution in [-0.4, -0.2) is 31.7 Å². The van der Waals surface area contributed by atoms with Gasteiger partial charge in [0.05, 0.1) is 19.9 Å². The zero-order chi connectivity index (χ0) is 19.5. The Kier molecular flexibility index (Phi) is 7.84. The Morgan fingerprint density at radius 2 is 1.85 bits per heavy atom. The molecule has 0 bridgehead atoms. The lowest BCUT2D eigenvalue weighted by Gasteiger charge is -2.06. The molecule has 0 heterocycles. The van der Waals surface area contributed by atoms with Gasteiger partial charge in [0.2, 0.25) is 0 Å². The van der Waals surface area contributed by atoms with Crippen LogP contribution in [0.25, 0.3) is 0 Å². The maximum atomic E-state index is 11.9. The van der Waals surface area contributed by atoms with Gasteiger partial charge in [-0.25, -0.2) is 5.43 Å². The highest BCUT2D eigenvalue weighted by molar-refractivity contribution is 6.39. The fourth-order valence-electron chi connectivity index (χ4n) is 2.09. The number of unbranched alkanes of at least 4 members (excludes halogenated alkanes) is 1. The van der Waals surface area contributed by atoms with Crippen molar-refractivity contribution in [1.82, 2.24) is 5.43 Å². The molecule has 2 amide bonds. The third-order valence-corrected chi connectivity index (χ3v) is 3.56. The largest absolute Gasteiger partial charge is 0.497 e. The number of anilines is 1. The molecule has 0 aliphatic heterocycles. The van der Waals surface area contributed by atoms with Crippen LogP contribution in [0.3, 0.4) is 0 Å². The molecule has 0 spiro atoms. The molecule has 2 aromatic rings. The van der Waals surface area contributed by atoms with Gasteiger partial charge in [0, 0.05) is 11.8 Å². The first-order valence-electron chi connectivity index (χ1n) is 8.63. The van der Waals surface area contributed by atoms with Gasteiger partial charge in [0.1, 0.15) is 11.5 Å². The topological polar surface area (TPSA) is 89.0 Å². The highest BCUT2D eigenvalue weighted by Gasteiger charge is 2.13. The monoisotopic (exact) mass is 369 g/mol. The molecule has 0 aliphatic carbocycles. The van der Waals surface area contributed by atoms with Gasteiger partial charge < -0.3 is 14.8 Å². The third-order valence-electron chi connectivity index (χ3n) is 3.56. The minimum Gasteiger partial charge on any atom is -0.497 e. The van der Waals surface area contributed by atoms with E-state index in [4.69, 9.17) is 9.47 Å². The van der Waals surface area contributed by atoms with Crippen molar-refractivity contribution in [3.05, 3.63) is 54.1 Å². The van der Waals surface area contributed by atoms with Crippen molar-refractivity contribution in [3.8, 4) is 11.5 Å². The first-order chi connectivity index (χ1) is 13.1. The first kappa shape index (κ1) is 20.0. The van der Waals surface area contributed by atoms with E-state index in [1.54, 1.807) is 24.3 Å². The lowest BCUT2D eigenvalue weighted by Crippen LogP contribution is -2.32. The number of ether oxygens (including phenoxy) is 2. The summed E-state index contributed by atoms with van der Waals surface area (Å²) in [5, 5.41) is 6.27. The predicted molar refractivity (Wildman–Crippen MR) is 104 cm³/mol. The van der Waals surface area contributed by atoms with Gasteiger partial charge in [0.25, 0.3) is 0 Å². The Morgan fingerprint density at radius 1 is 1.07 bits per heavy atom. The molecule has 0 aliphatic rings. The zero-order valence-electron chi connectivity index (χ0n) is 15.4. The summed E-state index contributed by atoms with van der Waals surface area (Å²) in [5.41, 5.74) is 3.42. The van der Waals surface area contributed by atoms with E-state index in [1.165, 1.54) is 13.3 Å². The summed E-state index contributed by atoms with van der Waals surface area (Å²) in [6.07, 6.45) is 3.54. The molecule has 0 atom stereocenters. The van der Waals surface area contributed by atoms with Crippen LogP contribution in [-0.2, 0) is 9.59 Å². The molecule has 0 saturated carbocycles. The van der Waals surface area contributed by atoms with Crippen LogP contribution < -0.4 is 20.2 Å². The van der Waals surface area contributed by atoms with Crippen LogP contribution in [0.1, 0.15) is 25.3 Å². The predicted octanol–water partition coefficient (Wildman–Crippen LogP) is 2.96. The van der Waals surface area contributed by atoms with Crippen LogP contribution in [0.5, 0.6) is 11.5 Å². The number of carbonyl (C=O) groups is 2. The summed E-state index contributed by atoms with van der Waals surface area (Å²) in [6.45, 7) is 2.79. The van der Waals surface area contributed by atoms with Crippen LogP contribution in [0.2, 0.25) is 0 Å². The van der Waals surface area contributed by atoms with E-state index in [1.807, 2.05) is 24.3 Å².